The van der Waals surface area contributed by atoms with Crippen molar-refractivity contribution in [1.29, 1.82) is 0 Å². The first-order chi connectivity index (χ1) is 10.9. The van der Waals surface area contributed by atoms with E-state index in [0.29, 0.717) is 0 Å². The summed E-state index contributed by atoms with van der Waals surface area (Å²) in [5.74, 6) is 0.200. The summed E-state index contributed by atoms with van der Waals surface area (Å²) in [4.78, 5) is 15.5. The molecule has 1 atom stereocenters. The highest BCUT2D eigenvalue weighted by molar-refractivity contribution is 7.08. The normalized spacial score (nSPS) is 13.8. The first-order valence-corrected chi connectivity index (χ1v) is 7.91. The molecule has 0 bridgehead atoms. The Bertz CT molecular complexity index is 629. The summed E-state index contributed by atoms with van der Waals surface area (Å²) in [6.45, 7) is -0.839. The van der Waals surface area contributed by atoms with E-state index in [-0.39, 0.29) is 25.3 Å². The first-order valence-electron chi connectivity index (χ1n) is 6.97. The van der Waals surface area contributed by atoms with Crippen LogP contribution in [0.15, 0.2) is 29.2 Å². The largest absolute Gasteiger partial charge is 0.384 e. The molecule has 0 saturated heterocycles. The molecule has 2 rings (SSSR count). The fraction of sp³-hybridized carbons (Fsp3) is 0.429. The molecule has 0 aliphatic rings. The van der Waals surface area contributed by atoms with Gasteiger partial charge in [-0.3, -0.25) is 4.57 Å². The average molecular weight is 344 g/mol. The zero-order valence-corrected chi connectivity index (χ0v) is 13.3. The molecule has 0 radical (unpaired) electrons. The van der Waals surface area contributed by atoms with E-state index in [1.165, 1.54) is 23.7 Å². The Morgan fingerprint density at radius 3 is 2.96 bits per heavy atom. The number of rotatable bonds is 7. The lowest BCUT2D eigenvalue weighted by molar-refractivity contribution is 0.0597. The van der Waals surface area contributed by atoms with Gasteiger partial charge in [0.25, 0.3) is 0 Å². The second-order valence-electron chi connectivity index (χ2n) is 5.17. The Morgan fingerprint density at radius 1 is 1.52 bits per heavy atom. The molecule has 0 fully saturated rings. The SMILES string of the molecule is CC(O)(CNC(=O)NCCc1nccn1C(F)F)c1ccsc1. The second kappa shape index (κ2) is 7.51. The monoisotopic (exact) mass is 344 g/mol. The van der Waals surface area contributed by atoms with Crippen molar-refractivity contribution in [2.45, 2.75) is 25.5 Å². The molecule has 2 heterocycles. The zero-order valence-electron chi connectivity index (χ0n) is 12.5. The minimum atomic E-state index is -2.65. The third-order valence-corrected chi connectivity index (χ3v) is 4.01. The number of carbonyl (C=O) groups is 1. The van der Waals surface area contributed by atoms with Gasteiger partial charge in [0.15, 0.2) is 0 Å². The van der Waals surface area contributed by atoms with Crippen molar-refractivity contribution in [3.8, 4) is 0 Å². The maximum absolute atomic E-state index is 12.6. The van der Waals surface area contributed by atoms with Crippen molar-refractivity contribution in [2.75, 3.05) is 13.1 Å². The van der Waals surface area contributed by atoms with Crippen LogP contribution in [0.3, 0.4) is 0 Å². The molecule has 23 heavy (non-hydrogen) atoms. The number of halogens is 2. The van der Waals surface area contributed by atoms with E-state index in [0.717, 1.165) is 10.1 Å². The summed E-state index contributed by atoms with van der Waals surface area (Å²) < 4.78 is 26.0. The summed E-state index contributed by atoms with van der Waals surface area (Å²) in [6, 6.07) is 1.31. The van der Waals surface area contributed by atoms with Crippen LogP contribution in [-0.4, -0.2) is 33.8 Å². The molecule has 2 aromatic heterocycles. The van der Waals surface area contributed by atoms with Crippen molar-refractivity contribution in [3.63, 3.8) is 0 Å². The maximum Gasteiger partial charge on any atom is 0.319 e. The molecule has 0 aliphatic carbocycles. The number of aromatic nitrogens is 2. The third-order valence-electron chi connectivity index (χ3n) is 3.33. The summed E-state index contributed by atoms with van der Waals surface area (Å²) in [7, 11) is 0. The maximum atomic E-state index is 12.6. The van der Waals surface area contributed by atoms with E-state index in [9.17, 15) is 18.7 Å². The standard InChI is InChI=1S/C14H18F2N4O2S/c1-14(22,10-3-7-23-8-10)9-19-13(21)18-4-2-11-17-5-6-20(11)12(15)16/h3,5-8,12,22H,2,4,9H2,1H3,(H2,18,19,21). The quantitative estimate of drug-likeness (QED) is 0.720. The van der Waals surface area contributed by atoms with Gasteiger partial charge in [-0.1, -0.05) is 0 Å². The minimum absolute atomic E-state index is 0.0429. The molecule has 0 aliphatic heterocycles. The van der Waals surface area contributed by atoms with Crippen LogP contribution in [0.5, 0.6) is 0 Å². The summed E-state index contributed by atoms with van der Waals surface area (Å²) in [5, 5.41) is 19.0. The molecule has 2 amide bonds. The van der Waals surface area contributed by atoms with Gasteiger partial charge in [0, 0.05) is 25.4 Å². The van der Waals surface area contributed by atoms with Crippen LogP contribution >= 0.6 is 11.3 Å². The van der Waals surface area contributed by atoms with E-state index < -0.39 is 18.2 Å². The third kappa shape index (κ3) is 4.73. The molecule has 9 heteroatoms. The van der Waals surface area contributed by atoms with Gasteiger partial charge >= 0.3 is 12.6 Å². The number of nitrogens with one attached hydrogen (secondary N) is 2. The number of thiophene rings is 1. The molecule has 1 unspecified atom stereocenters. The summed E-state index contributed by atoms with van der Waals surface area (Å²) in [6.07, 6.45) is 2.67. The predicted octanol–water partition coefficient (Wildman–Crippen LogP) is 2.09. The molecule has 2 aromatic rings. The van der Waals surface area contributed by atoms with Gasteiger partial charge in [-0.2, -0.15) is 20.1 Å². The Morgan fingerprint density at radius 2 is 2.30 bits per heavy atom. The Kier molecular flexibility index (Phi) is 5.67. The van der Waals surface area contributed by atoms with Crippen LogP contribution in [0, 0.1) is 0 Å². The van der Waals surface area contributed by atoms with Crippen LogP contribution in [0.1, 0.15) is 24.9 Å². The molecule has 0 aromatic carbocycles. The number of alkyl halides is 2. The van der Waals surface area contributed by atoms with Crippen molar-refractivity contribution in [2.24, 2.45) is 0 Å². The molecule has 3 N–H and O–H groups in total. The Balaban J connectivity index is 1.74. The Labute approximate surface area is 136 Å². The highest BCUT2D eigenvalue weighted by Crippen LogP contribution is 2.21. The van der Waals surface area contributed by atoms with E-state index in [2.05, 4.69) is 15.6 Å². The number of nitrogens with zero attached hydrogens (tertiary/aromatic N) is 2. The van der Waals surface area contributed by atoms with Crippen molar-refractivity contribution in [3.05, 3.63) is 40.6 Å². The van der Waals surface area contributed by atoms with Gasteiger partial charge in [-0.25, -0.2) is 9.78 Å². The van der Waals surface area contributed by atoms with Crippen LogP contribution in [-0.2, 0) is 12.0 Å². The topological polar surface area (TPSA) is 79.2 Å². The number of carbonyl (C=O) groups excluding carboxylic acids is 1. The number of hydrogen-bond donors (Lipinski definition) is 3. The van der Waals surface area contributed by atoms with Gasteiger partial charge in [0.05, 0.1) is 6.54 Å². The first kappa shape index (κ1) is 17.4. The highest BCUT2D eigenvalue weighted by Gasteiger charge is 2.24. The van der Waals surface area contributed by atoms with Crippen LogP contribution in [0.2, 0.25) is 0 Å². The molecule has 0 spiro atoms. The lowest BCUT2D eigenvalue weighted by Gasteiger charge is -2.22. The van der Waals surface area contributed by atoms with Crippen molar-refractivity contribution >= 4 is 17.4 Å². The number of hydrogen-bond acceptors (Lipinski definition) is 4. The number of aliphatic hydroxyl groups is 1. The number of amides is 2. The molecule has 0 saturated carbocycles. The van der Waals surface area contributed by atoms with E-state index >= 15 is 0 Å². The van der Waals surface area contributed by atoms with Gasteiger partial charge in [0.2, 0.25) is 0 Å². The number of urea groups is 1. The zero-order chi connectivity index (χ0) is 16.9. The van der Waals surface area contributed by atoms with Crippen LogP contribution in [0.25, 0.3) is 0 Å². The molecule has 6 nitrogen and oxygen atoms in total. The predicted molar refractivity (Wildman–Crippen MR) is 82.5 cm³/mol. The van der Waals surface area contributed by atoms with E-state index in [4.69, 9.17) is 0 Å². The Hall–Kier alpha value is -2.00. The van der Waals surface area contributed by atoms with E-state index in [1.807, 2.05) is 10.8 Å². The molecular formula is C14H18F2N4O2S. The number of imidazole rings is 1. The van der Waals surface area contributed by atoms with Gasteiger partial charge in [-0.05, 0) is 29.3 Å². The van der Waals surface area contributed by atoms with Gasteiger partial charge < -0.3 is 15.7 Å². The average Bonchev–Trinajstić information content (AvgIpc) is 3.16. The van der Waals surface area contributed by atoms with E-state index in [1.54, 1.807) is 13.0 Å². The van der Waals surface area contributed by atoms with Crippen molar-refractivity contribution in [1.82, 2.24) is 20.2 Å². The summed E-state index contributed by atoms with van der Waals surface area (Å²) >= 11 is 1.46. The van der Waals surface area contributed by atoms with Gasteiger partial charge in [-0.15, -0.1) is 0 Å². The highest BCUT2D eigenvalue weighted by atomic mass is 32.1. The lowest BCUT2D eigenvalue weighted by Crippen LogP contribution is -2.43. The fourth-order valence-electron chi connectivity index (χ4n) is 1.99. The van der Waals surface area contributed by atoms with Crippen LogP contribution in [0.4, 0.5) is 13.6 Å². The van der Waals surface area contributed by atoms with Crippen molar-refractivity contribution < 1.29 is 18.7 Å². The van der Waals surface area contributed by atoms with Crippen LogP contribution < -0.4 is 10.6 Å². The van der Waals surface area contributed by atoms with Gasteiger partial charge in [0.1, 0.15) is 11.4 Å². The fourth-order valence-corrected chi connectivity index (χ4v) is 2.77. The summed E-state index contributed by atoms with van der Waals surface area (Å²) in [5.41, 5.74) is -0.440. The minimum Gasteiger partial charge on any atom is -0.384 e. The molecular weight excluding hydrogens is 326 g/mol. The lowest BCUT2D eigenvalue weighted by atomic mass is 9.99. The smallest absolute Gasteiger partial charge is 0.319 e. The molecule has 126 valence electrons. The second-order valence-corrected chi connectivity index (χ2v) is 5.95.